The molecule has 0 amide bonds. The van der Waals surface area contributed by atoms with Gasteiger partial charge in [-0.25, -0.2) is 4.98 Å². The minimum atomic E-state index is -0.259. The molecule has 0 aliphatic rings. The van der Waals surface area contributed by atoms with Crippen LogP contribution >= 0.6 is 0 Å². The molecule has 3 N–H and O–H groups in total. The Morgan fingerprint density at radius 2 is 2.00 bits per heavy atom. The van der Waals surface area contributed by atoms with E-state index < -0.39 is 0 Å². The number of methoxy groups -OCH3 is 1. The van der Waals surface area contributed by atoms with E-state index in [2.05, 4.69) is 9.97 Å². The second-order valence-corrected chi connectivity index (χ2v) is 4.08. The van der Waals surface area contributed by atoms with Crippen LogP contribution in [0.4, 0.5) is 5.95 Å². The van der Waals surface area contributed by atoms with Crippen molar-refractivity contribution in [1.29, 1.82) is 0 Å². The Bertz CT molecular complexity index is 647. The number of nitrogens with one attached hydrogen (secondary N) is 1. The summed E-state index contributed by atoms with van der Waals surface area (Å²) in [5.41, 5.74) is 8.78. The zero-order chi connectivity index (χ0) is 13.3. The van der Waals surface area contributed by atoms with Gasteiger partial charge >= 0.3 is 0 Å². The van der Waals surface area contributed by atoms with Crippen LogP contribution in [-0.2, 0) is 0 Å². The van der Waals surface area contributed by atoms with E-state index in [9.17, 15) is 4.79 Å². The summed E-state index contributed by atoms with van der Waals surface area (Å²) < 4.78 is 5.25. The fourth-order valence-electron chi connectivity index (χ4n) is 1.91. The van der Waals surface area contributed by atoms with Crippen LogP contribution in [0.3, 0.4) is 0 Å². The molecule has 0 aliphatic heterocycles. The molecule has 1 aromatic carbocycles. The molecule has 0 aliphatic carbocycles. The number of ether oxygens (including phenoxy) is 1. The minimum Gasteiger partial charge on any atom is -0.496 e. The van der Waals surface area contributed by atoms with E-state index >= 15 is 0 Å². The number of rotatable bonds is 2. The fraction of sp³-hybridized carbons (Fsp3) is 0.231. The molecule has 5 heteroatoms. The molecule has 94 valence electrons. The van der Waals surface area contributed by atoms with Gasteiger partial charge in [-0.2, -0.15) is 0 Å². The molecule has 0 fully saturated rings. The summed E-state index contributed by atoms with van der Waals surface area (Å²) in [5, 5.41) is 0. The number of benzene rings is 1. The van der Waals surface area contributed by atoms with Crippen LogP contribution in [0.5, 0.6) is 5.75 Å². The molecule has 1 aromatic heterocycles. The number of aromatic nitrogens is 2. The highest BCUT2D eigenvalue weighted by atomic mass is 16.5. The lowest BCUT2D eigenvalue weighted by molar-refractivity contribution is 0.411. The standard InChI is InChI=1S/C13H15N3O2/c1-7-8(2)11(18-3)5-4-9(7)10-6-12(17)16-13(14)15-10/h4-6H,1-3H3,(H3,14,15,16,17). The van der Waals surface area contributed by atoms with E-state index in [1.807, 2.05) is 26.0 Å². The van der Waals surface area contributed by atoms with E-state index in [-0.39, 0.29) is 11.5 Å². The molecule has 18 heavy (non-hydrogen) atoms. The summed E-state index contributed by atoms with van der Waals surface area (Å²) in [7, 11) is 1.63. The first-order chi connectivity index (χ1) is 8.52. The van der Waals surface area contributed by atoms with Gasteiger partial charge in [-0.3, -0.25) is 9.78 Å². The van der Waals surface area contributed by atoms with Gasteiger partial charge < -0.3 is 10.5 Å². The Morgan fingerprint density at radius 1 is 1.28 bits per heavy atom. The maximum atomic E-state index is 11.4. The largest absolute Gasteiger partial charge is 0.496 e. The lowest BCUT2D eigenvalue weighted by Crippen LogP contribution is -2.10. The van der Waals surface area contributed by atoms with Gasteiger partial charge in [0.2, 0.25) is 5.95 Å². The lowest BCUT2D eigenvalue weighted by atomic mass is 10.00. The number of nitrogens with zero attached hydrogens (tertiary/aromatic N) is 1. The third-order valence-corrected chi connectivity index (χ3v) is 2.99. The lowest BCUT2D eigenvalue weighted by Gasteiger charge is -2.12. The maximum Gasteiger partial charge on any atom is 0.252 e. The van der Waals surface area contributed by atoms with Crippen molar-refractivity contribution in [3.8, 4) is 17.0 Å². The van der Waals surface area contributed by atoms with Gasteiger partial charge in [-0.05, 0) is 37.1 Å². The molecular weight excluding hydrogens is 230 g/mol. The molecule has 0 saturated heterocycles. The van der Waals surface area contributed by atoms with E-state index in [4.69, 9.17) is 10.5 Å². The molecule has 5 nitrogen and oxygen atoms in total. The SMILES string of the molecule is COc1ccc(-c2cc(=O)[nH]c(N)n2)c(C)c1C. The van der Waals surface area contributed by atoms with Crippen molar-refractivity contribution < 1.29 is 4.74 Å². The van der Waals surface area contributed by atoms with E-state index in [0.717, 1.165) is 22.4 Å². The van der Waals surface area contributed by atoms with Crippen LogP contribution in [-0.4, -0.2) is 17.1 Å². The van der Waals surface area contributed by atoms with Crippen molar-refractivity contribution in [1.82, 2.24) is 9.97 Å². The number of anilines is 1. The van der Waals surface area contributed by atoms with Crippen LogP contribution in [0.1, 0.15) is 11.1 Å². The Kier molecular flexibility index (Phi) is 3.06. The average molecular weight is 245 g/mol. The summed E-state index contributed by atoms with van der Waals surface area (Å²) in [6, 6.07) is 5.17. The zero-order valence-electron chi connectivity index (χ0n) is 10.6. The Hall–Kier alpha value is -2.30. The summed E-state index contributed by atoms with van der Waals surface area (Å²) in [6.07, 6.45) is 0. The molecule has 0 saturated carbocycles. The molecule has 1 heterocycles. The molecule has 0 bridgehead atoms. The van der Waals surface area contributed by atoms with Gasteiger partial charge in [-0.1, -0.05) is 0 Å². The van der Waals surface area contributed by atoms with Gasteiger partial charge in [0.1, 0.15) is 5.75 Å². The summed E-state index contributed by atoms with van der Waals surface area (Å²) in [4.78, 5) is 18.0. The molecule has 0 spiro atoms. The Balaban J connectivity index is 2.64. The van der Waals surface area contributed by atoms with Crippen molar-refractivity contribution in [2.75, 3.05) is 12.8 Å². The number of hydrogen-bond acceptors (Lipinski definition) is 4. The Labute approximate surface area is 105 Å². The van der Waals surface area contributed by atoms with Gasteiger partial charge in [0.05, 0.1) is 12.8 Å². The number of aromatic amines is 1. The van der Waals surface area contributed by atoms with Gasteiger partial charge in [0.25, 0.3) is 5.56 Å². The Morgan fingerprint density at radius 3 is 2.61 bits per heavy atom. The van der Waals surface area contributed by atoms with E-state index in [0.29, 0.717) is 5.69 Å². The molecule has 2 aromatic rings. The highest BCUT2D eigenvalue weighted by Gasteiger charge is 2.10. The normalized spacial score (nSPS) is 10.4. The molecule has 0 atom stereocenters. The van der Waals surface area contributed by atoms with Gasteiger partial charge in [0.15, 0.2) is 0 Å². The first kappa shape index (κ1) is 12.2. The van der Waals surface area contributed by atoms with E-state index in [1.165, 1.54) is 6.07 Å². The third-order valence-electron chi connectivity index (χ3n) is 2.99. The average Bonchev–Trinajstić information content (AvgIpc) is 2.31. The zero-order valence-corrected chi connectivity index (χ0v) is 10.6. The fourth-order valence-corrected chi connectivity index (χ4v) is 1.91. The number of nitrogens with two attached hydrogens (primary N) is 1. The highest BCUT2D eigenvalue weighted by molar-refractivity contribution is 5.67. The quantitative estimate of drug-likeness (QED) is 0.842. The van der Waals surface area contributed by atoms with Crippen molar-refractivity contribution in [3.05, 3.63) is 39.7 Å². The predicted octanol–water partition coefficient (Wildman–Crippen LogP) is 1.64. The number of hydrogen-bond donors (Lipinski definition) is 2. The van der Waals surface area contributed by atoms with Crippen LogP contribution < -0.4 is 16.0 Å². The highest BCUT2D eigenvalue weighted by Crippen LogP contribution is 2.29. The number of nitrogen functional groups attached to an aromatic ring is 1. The first-order valence-corrected chi connectivity index (χ1v) is 5.54. The predicted molar refractivity (Wildman–Crippen MR) is 70.7 cm³/mol. The van der Waals surface area contributed by atoms with Crippen LogP contribution in [0.15, 0.2) is 23.0 Å². The molecule has 2 rings (SSSR count). The molecule has 0 radical (unpaired) electrons. The van der Waals surface area contributed by atoms with Crippen LogP contribution in [0.2, 0.25) is 0 Å². The smallest absolute Gasteiger partial charge is 0.252 e. The van der Waals surface area contributed by atoms with Gasteiger partial charge in [-0.15, -0.1) is 0 Å². The maximum absolute atomic E-state index is 11.4. The topological polar surface area (TPSA) is 81.0 Å². The molecule has 0 unspecified atom stereocenters. The monoisotopic (exact) mass is 245 g/mol. The van der Waals surface area contributed by atoms with Crippen LogP contribution in [0, 0.1) is 13.8 Å². The number of H-pyrrole nitrogens is 1. The van der Waals surface area contributed by atoms with Crippen molar-refractivity contribution in [3.63, 3.8) is 0 Å². The minimum absolute atomic E-state index is 0.116. The van der Waals surface area contributed by atoms with E-state index in [1.54, 1.807) is 7.11 Å². The van der Waals surface area contributed by atoms with Gasteiger partial charge in [0, 0.05) is 11.6 Å². The second kappa shape index (κ2) is 4.52. The van der Waals surface area contributed by atoms with Crippen molar-refractivity contribution >= 4 is 5.95 Å². The molecular formula is C13H15N3O2. The third kappa shape index (κ3) is 2.07. The van der Waals surface area contributed by atoms with Crippen molar-refractivity contribution in [2.24, 2.45) is 0 Å². The summed E-state index contributed by atoms with van der Waals surface area (Å²) in [5.74, 6) is 0.930. The van der Waals surface area contributed by atoms with Crippen molar-refractivity contribution in [2.45, 2.75) is 13.8 Å². The second-order valence-electron chi connectivity index (χ2n) is 4.08. The van der Waals surface area contributed by atoms with Crippen LogP contribution in [0.25, 0.3) is 11.3 Å². The first-order valence-electron chi connectivity index (χ1n) is 5.54. The summed E-state index contributed by atoms with van der Waals surface area (Å²) >= 11 is 0. The summed E-state index contributed by atoms with van der Waals surface area (Å²) in [6.45, 7) is 3.93.